The van der Waals surface area contributed by atoms with Crippen molar-refractivity contribution >= 4 is 27.1 Å². The fourth-order valence-corrected chi connectivity index (χ4v) is 2.62. The Hall–Kier alpha value is -2.01. The molecule has 4 nitrogen and oxygen atoms in total. The third-order valence-electron chi connectivity index (χ3n) is 3.23. The SMILES string of the molecule is CC(C)(C)c1ccc(Nc2ccc(NS(C)(=O)=O)cc2)cc1. The summed E-state index contributed by atoms with van der Waals surface area (Å²) in [7, 11) is -3.24. The molecule has 0 aliphatic rings. The lowest BCUT2D eigenvalue weighted by molar-refractivity contribution is 0.590. The molecule has 0 bridgehead atoms. The van der Waals surface area contributed by atoms with Crippen molar-refractivity contribution in [2.75, 3.05) is 16.3 Å². The third kappa shape index (κ3) is 4.77. The second-order valence-electron chi connectivity index (χ2n) is 6.40. The molecule has 2 rings (SSSR count). The Morgan fingerprint density at radius 2 is 1.18 bits per heavy atom. The lowest BCUT2D eigenvalue weighted by Gasteiger charge is -2.19. The van der Waals surface area contributed by atoms with Gasteiger partial charge in [0, 0.05) is 17.1 Å². The standard InChI is InChI=1S/C17H22N2O2S/c1-17(2,3)13-5-7-14(8-6-13)18-15-9-11-16(12-10-15)19-22(4,20)21/h5-12,18-19H,1-4H3. The zero-order valence-corrected chi connectivity index (χ0v) is 14.2. The first-order valence-electron chi connectivity index (χ1n) is 7.09. The fourth-order valence-electron chi connectivity index (χ4n) is 2.06. The Kier molecular flexibility index (Phi) is 4.47. The quantitative estimate of drug-likeness (QED) is 0.892. The smallest absolute Gasteiger partial charge is 0.229 e. The van der Waals surface area contributed by atoms with Gasteiger partial charge in [0.05, 0.1) is 6.26 Å². The van der Waals surface area contributed by atoms with E-state index in [0.717, 1.165) is 17.6 Å². The van der Waals surface area contributed by atoms with Gasteiger partial charge in [-0.05, 0) is 47.4 Å². The molecule has 0 heterocycles. The molecule has 2 aromatic rings. The third-order valence-corrected chi connectivity index (χ3v) is 3.83. The Balaban J connectivity index is 2.08. The van der Waals surface area contributed by atoms with Crippen LogP contribution in [0.3, 0.4) is 0 Å². The molecular formula is C17H22N2O2S. The van der Waals surface area contributed by atoms with Crippen molar-refractivity contribution in [1.29, 1.82) is 0 Å². The van der Waals surface area contributed by atoms with Crippen molar-refractivity contribution in [2.24, 2.45) is 0 Å². The van der Waals surface area contributed by atoms with Crippen molar-refractivity contribution in [3.05, 3.63) is 54.1 Å². The molecular weight excluding hydrogens is 296 g/mol. The van der Waals surface area contributed by atoms with Crippen molar-refractivity contribution in [3.8, 4) is 0 Å². The van der Waals surface area contributed by atoms with E-state index >= 15 is 0 Å². The summed E-state index contributed by atoms with van der Waals surface area (Å²) in [5.41, 5.74) is 3.87. The van der Waals surface area contributed by atoms with Gasteiger partial charge in [-0.1, -0.05) is 32.9 Å². The minimum Gasteiger partial charge on any atom is -0.356 e. The maximum absolute atomic E-state index is 11.2. The molecule has 0 aliphatic heterocycles. The van der Waals surface area contributed by atoms with E-state index in [1.807, 2.05) is 24.3 Å². The molecule has 0 aliphatic carbocycles. The molecule has 2 N–H and O–H groups in total. The average Bonchev–Trinajstić information content (AvgIpc) is 2.39. The first-order chi connectivity index (χ1) is 10.1. The van der Waals surface area contributed by atoms with E-state index in [9.17, 15) is 8.42 Å². The molecule has 0 spiro atoms. The highest BCUT2D eigenvalue weighted by Gasteiger charge is 2.12. The summed E-state index contributed by atoms with van der Waals surface area (Å²) in [5.74, 6) is 0. The molecule has 0 radical (unpaired) electrons. The van der Waals surface area contributed by atoms with Crippen LogP contribution >= 0.6 is 0 Å². The molecule has 0 aromatic heterocycles. The maximum atomic E-state index is 11.2. The lowest BCUT2D eigenvalue weighted by atomic mass is 9.87. The highest BCUT2D eigenvalue weighted by molar-refractivity contribution is 7.92. The van der Waals surface area contributed by atoms with E-state index in [1.165, 1.54) is 5.56 Å². The number of nitrogens with one attached hydrogen (secondary N) is 2. The van der Waals surface area contributed by atoms with Crippen molar-refractivity contribution in [1.82, 2.24) is 0 Å². The number of hydrogen-bond donors (Lipinski definition) is 2. The van der Waals surface area contributed by atoms with Crippen LogP contribution in [0, 0.1) is 0 Å². The molecule has 0 amide bonds. The van der Waals surface area contributed by atoms with Crippen molar-refractivity contribution in [2.45, 2.75) is 26.2 Å². The minimum atomic E-state index is -3.24. The predicted molar refractivity (Wildman–Crippen MR) is 93.3 cm³/mol. The van der Waals surface area contributed by atoms with E-state index in [-0.39, 0.29) is 5.41 Å². The highest BCUT2D eigenvalue weighted by atomic mass is 32.2. The van der Waals surface area contributed by atoms with Crippen LogP contribution in [0.4, 0.5) is 17.1 Å². The normalized spacial score (nSPS) is 12.0. The van der Waals surface area contributed by atoms with E-state index in [4.69, 9.17) is 0 Å². The van der Waals surface area contributed by atoms with Crippen LogP contribution in [-0.2, 0) is 15.4 Å². The summed E-state index contributed by atoms with van der Waals surface area (Å²) in [6.07, 6.45) is 1.13. The van der Waals surface area contributed by atoms with E-state index in [1.54, 1.807) is 12.1 Å². The van der Waals surface area contributed by atoms with E-state index in [2.05, 4.69) is 42.9 Å². The summed E-state index contributed by atoms with van der Waals surface area (Å²) in [6, 6.07) is 15.5. The Bertz CT molecular complexity index is 728. The second kappa shape index (κ2) is 6.01. The average molecular weight is 318 g/mol. The van der Waals surface area contributed by atoms with Gasteiger partial charge < -0.3 is 5.32 Å². The summed E-state index contributed by atoms with van der Waals surface area (Å²) in [5, 5.41) is 3.30. The molecule has 22 heavy (non-hydrogen) atoms. The lowest BCUT2D eigenvalue weighted by Crippen LogP contribution is -2.10. The van der Waals surface area contributed by atoms with Crippen molar-refractivity contribution in [3.63, 3.8) is 0 Å². The van der Waals surface area contributed by atoms with Crippen LogP contribution in [0.25, 0.3) is 0 Å². The number of rotatable bonds is 4. The monoisotopic (exact) mass is 318 g/mol. The van der Waals surface area contributed by atoms with Gasteiger partial charge in [-0.25, -0.2) is 8.42 Å². The van der Waals surface area contributed by atoms with E-state index < -0.39 is 10.0 Å². The van der Waals surface area contributed by atoms with Crippen molar-refractivity contribution < 1.29 is 8.42 Å². The predicted octanol–water partition coefficient (Wildman–Crippen LogP) is 4.10. The van der Waals surface area contributed by atoms with E-state index in [0.29, 0.717) is 5.69 Å². The number of benzene rings is 2. The van der Waals surface area contributed by atoms with Crippen LogP contribution in [0.1, 0.15) is 26.3 Å². The topological polar surface area (TPSA) is 58.2 Å². The molecule has 0 saturated carbocycles. The Morgan fingerprint density at radius 3 is 1.59 bits per heavy atom. The molecule has 5 heteroatoms. The molecule has 0 saturated heterocycles. The second-order valence-corrected chi connectivity index (χ2v) is 8.15. The summed E-state index contributed by atoms with van der Waals surface area (Å²) >= 11 is 0. The minimum absolute atomic E-state index is 0.136. The Morgan fingerprint density at radius 1 is 0.773 bits per heavy atom. The van der Waals surface area contributed by atoms with Gasteiger partial charge in [0.15, 0.2) is 0 Å². The fraction of sp³-hybridized carbons (Fsp3) is 0.294. The summed E-state index contributed by atoms with van der Waals surface area (Å²) in [4.78, 5) is 0. The van der Waals surface area contributed by atoms with Gasteiger partial charge in [-0.15, -0.1) is 0 Å². The zero-order chi connectivity index (χ0) is 16.4. The Labute approximate surface area is 132 Å². The maximum Gasteiger partial charge on any atom is 0.229 e. The largest absolute Gasteiger partial charge is 0.356 e. The molecule has 118 valence electrons. The van der Waals surface area contributed by atoms with Crippen LogP contribution in [0.5, 0.6) is 0 Å². The van der Waals surface area contributed by atoms with Gasteiger partial charge >= 0.3 is 0 Å². The number of anilines is 3. The highest BCUT2D eigenvalue weighted by Crippen LogP contribution is 2.25. The molecule has 0 unspecified atom stereocenters. The first-order valence-corrected chi connectivity index (χ1v) is 8.98. The molecule has 0 fully saturated rings. The zero-order valence-electron chi connectivity index (χ0n) is 13.3. The van der Waals surface area contributed by atoms with Crippen LogP contribution in [0.2, 0.25) is 0 Å². The van der Waals surface area contributed by atoms with Gasteiger partial charge in [-0.2, -0.15) is 0 Å². The van der Waals surface area contributed by atoms with Gasteiger partial charge in [0.25, 0.3) is 0 Å². The van der Waals surface area contributed by atoms with Gasteiger partial charge in [-0.3, -0.25) is 4.72 Å². The van der Waals surface area contributed by atoms with Crippen LogP contribution < -0.4 is 10.0 Å². The first kappa shape index (κ1) is 16.4. The number of sulfonamides is 1. The molecule has 0 atom stereocenters. The molecule has 2 aromatic carbocycles. The summed E-state index contributed by atoms with van der Waals surface area (Å²) in [6.45, 7) is 6.55. The van der Waals surface area contributed by atoms with Crippen LogP contribution in [-0.4, -0.2) is 14.7 Å². The van der Waals surface area contributed by atoms with Gasteiger partial charge in [0.2, 0.25) is 10.0 Å². The van der Waals surface area contributed by atoms with Gasteiger partial charge in [0.1, 0.15) is 0 Å². The summed E-state index contributed by atoms with van der Waals surface area (Å²) < 4.78 is 24.8. The number of hydrogen-bond acceptors (Lipinski definition) is 3. The van der Waals surface area contributed by atoms with Crippen LogP contribution in [0.15, 0.2) is 48.5 Å².